The first-order valence-electron chi connectivity index (χ1n) is 14.4. The molecule has 1 aromatic heterocycles. The molecule has 0 aliphatic heterocycles. The summed E-state index contributed by atoms with van der Waals surface area (Å²) in [6, 6.07) is 47.8. The second-order valence-corrected chi connectivity index (χ2v) is 12.1. The van der Waals surface area contributed by atoms with Gasteiger partial charge >= 0.3 is 0 Å². The summed E-state index contributed by atoms with van der Waals surface area (Å²) in [6.07, 6.45) is 0. The number of nitrogens with one attached hydrogen (secondary N) is 1. The van der Waals surface area contributed by atoms with Crippen LogP contribution in [0.2, 0.25) is 5.02 Å². The Morgan fingerprint density at radius 1 is 0.571 bits per heavy atom. The van der Waals surface area contributed by atoms with Crippen molar-refractivity contribution in [3.05, 3.63) is 150 Å². The van der Waals surface area contributed by atoms with Crippen LogP contribution in [-0.2, 0) is 5.41 Å². The third kappa shape index (κ3) is 3.79. The number of fused-ring (bicyclic) bond motifs is 6. The Morgan fingerprint density at radius 3 is 2.05 bits per heavy atom. The first kappa shape index (κ1) is 25.0. The van der Waals surface area contributed by atoms with Gasteiger partial charge < -0.3 is 9.88 Å². The SMILES string of the molecule is CC1(C)c2cc(Nc3ccccc3Cl)ccc2-c2ccc(-c3ccc4c(c3)c3ccccc3n4-c3ccccc3)cc21. The Hall–Kier alpha value is -4.79. The Morgan fingerprint density at radius 2 is 1.21 bits per heavy atom. The standard InChI is InChI=1S/C39H29ClN2/c1-39(2)33-23-26(16-19-29(33)30-20-18-27(24-34(30)39)41-36-14-8-7-13-35(36)40)25-17-21-38-32(22-25)31-12-6-9-15-37(31)42(38)28-10-4-3-5-11-28/h3-24,41H,1-2H3. The van der Waals surface area contributed by atoms with E-state index in [0.29, 0.717) is 5.02 Å². The summed E-state index contributed by atoms with van der Waals surface area (Å²) in [7, 11) is 0. The highest BCUT2D eigenvalue weighted by atomic mass is 35.5. The van der Waals surface area contributed by atoms with Crippen molar-refractivity contribution in [3.8, 4) is 27.9 Å². The number of anilines is 2. The predicted molar refractivity (Wildman–Crippen MR) is 179 cm³/mol. The molecule has 2 nitrogen and oxygen atoms in total. The average Bonchev–Trinajstić information content (AvgIpc) is 3.47. The number of rotatable bonds is 4. The summed E-state index contributed by atoms with van der Waals surface area (Å²) >= 11 is 6.43. The molecule has 0 radical (unpaired) electrons. The van der Waals surface area contributed by atoms with Gasteiger partial charge in [-0.25, -0.2) is 0 Å². The van der Waals surface area contributed by atoms with Crippen molar-refractivity contribution >= 4 is 44.8 Å². The molecule has 0 fully saturated rings. The maximum absolute atomic E-state index is 6.43. The summed E-state index contributed by atoms with van der Waals surface area (Å²) in [5.74, 6) is 0. The van der Waals surface area contributed by atoms with E-state index in [1.807, 2.05) is 24.3 Å². The van der Waals surface area contributed by atoms with Crippen LogP contribution in [0.3, 0.4) is 0 Å². The van der Waals surface area contributed by atoms with Crippen LogP contribution < -0.4 is 5.32 Å². The van der Waals surface area contributed by atoms with E-state index in [-0.39, 0.29) is 5.41 Å². The maximum atomic E-state index is 6.43. The molecular weight excluding hydrogens is 532 g/mol. The molecule has 202 valence electrons. The smallest absolute Gasteiger partial charge is 0.0640 e. The van der Waals surface area contributed by atoms with Crippen molar-refractivity contribution in [2.75, 3.05) is 5.32 Å². The van der Waals surface area contributed by atoms with Crippen molar-refractivity contribution in [1.29, 1.82) is 0 Å². The van der Waals surface area contributed by atoms with Crippen LogP contribution >= 0.6 is 11.6 Å². The van der Waals surface area contributed by atoms with E-state index in [2.05, 4.69) is 133 Å². The number of benzene rings is 6. The normalized spacial score (nSPS) is 13.3. The Bertz CT molecular complexity index is 2150. The van der Waals surface area contributed by atoms with E-state index < -0.39 is 0 Å². The van der Waals surface area contributed by atoms with Crippen LogP contribution in [0.25, 0.3) is 49.7 Å². The van der Waals surface area contributed by atoms with E-state index in [9.17, 15) is 0 Å². The van der Waals surface area contributed by atoms with Gasteiger partial charge in [0.1, 0.15) is 0 Å². The first-order chi connectivity index (χ1) is 20.5. The maximum Gasteiger partial charge on any atom is 0.0640 e. The van der Waals surface area contributed by atoms with Gasteiger partial charge in [-0.1, -0.05) is 98.2 Å². The molecule has 0 amide bonds. The molecule has 42 heavy (non-hydrogen) atoms. The third-order valence-corrected chi connectivity index (χ3v) is 9.18. The number of aromatic nitrogens is 1. The van der Waals surface area contributed by atoms with Crippen molar-refractivity contribution in [3.63, 3.8) is 0 Å². The van der Waals surface area contributed by atoms with E-state index in [0.717, 1.165) is 11.4 Å². The molecule has 8 rings (SSSR count). The lowest BCUT2D eigenvalue weighted by Gasteiger charge is -2.23. The summed E-state index contributed by atoms with van der Waals surface area (Å²) in [4.78, 5) is 0. The number of hydrogen-bond donors (Lipinski definition) is 1. The van der Waals surface area contributed by atoms with Crippen LogP contribution in [0.4, 0.5) is 11.4 Å². The first-order valence-corrected chi connectivity index (χ1v) is 14.8. The van der Waals surface area contributed by atoms with Gasteiger partial charge in [0, 0.05) is 27.6 Å². The summed E-state index contributed by atoms with van der Waals surface area (Å²) in [6.45, 7) is 4.66. The Kier molecular flexibility index (Phi) is 5.57. The van der Waals surface area contributed by atoms with E-state index in [1.165, 1.54) is 60.9 Å². The molecular formula is C39H29ClN2. The van der Waals surface area contributed by atoms with Gasteiger partial charge in [0.05, 0.1) is 21.7 Å². The lowest BCUT2D eigenvalue weighted by molar-refractivity contribution is 0.661. The van der Waals surface area contributed by atoms with Crippen molar-refractivity contribution < 1.29 is 0 Å². The fourth-order valence-electron chi connectivity index (χ4n) is 6.72. The van der Waals surface area contributed by atoms with Gasteiger partial charge in [-0.15, -0.1) is 0 Å². The molecule has 7 aromatic rings. The predicted octanol–water partition coefficient (Wildman–Crippen LogP) is 11.2. The zero-order valence-electron chi connectivity index (χ0n) is 23.5. The Labute approximate surface area is 250 Å². The van der Waals surface area contributed by atoms with Crippen molar-refractivity contribution in [2.24, 2.45) is 0 Å². The second kappa shape index (κ2) is 9.37. The van der Waals surface area contributed by atoms with Crippen LogP contribution in [0.1, 0.15) is 25.0 Å². The highest BCUT2D eigenvalue weighted by Crippen LogP contribution is 2.50. The minimum Gasteiger partial charge on any atom is -0.354 e. The van der Waals surface area contributed by atoms with Gasteiger partial charge in [0.15, 0.2) is 0 Å². The van der Waals surface area contributed by atoms with Gasteiger partial charge in [0.25, 0.3) is 0 Å². The summed E-state index contributed by atoms with van der Waals surface area (Å²) in [5, 5.41) is 6.77. The van der Waals surface area contributed by atoms with Crippen LogP contribution in [0.15, 0.2) is 133 Å². The topological polar surface area (TPSA) is 17.0 Å². The lowest BCUT2D eigenvalue weighted by atomic mass is 9.81. The highest BCUT2D eigenvalue weighted by Gasteiger charge is 2.36. The van der Waals surface area contributed by atoms with Gasteiger partial charge in [-0.3, -0.25) is 0 Å². The molecule has 1 aliphatic carbocycles. The zero-order valence-corrected chi connectivity index (χ0v) is 24.3. The van der Waals surface area contributed by atoms with Crippen molar-refractivity contribution in [2.45, 2.75) is 19.3 Å². The van der Waals surface area contributed by atoms with Crippen LogP contribution in [0, 0.1) is 0 Å². The number of nitrogens with zero attached hydrogens (tertiary/aromatic N) is 1. The van der Waals surface area contributed by atoms with Crippen LogP contribution in [0.5, 0.6) is 0 Å². The molecule has 0 saturated heterocycles. The molecule has 0 unspecified atom stereocenters. The number of halogens is 1. The molecule has 1 N–H and O–H groups in total. The lowest BCUT2D eigenvalue weighted by Crippen LogP contribution is -2.15. The molecule has 0 saturated carbocycles. The second-order valence-electron chi connectivity index (χ2n) is 11.7. The minimum absolute atomic E-state index is 0.133. The Balaban J connectivity index is 1.21. The fraction of sp³-hybridized carbons (Fsp3) is 0.0769. The number of para-hydroxylation sites is 3. The highest BCUT2D eigenvalue weighted by molar-refractivity contribution is 6.33. The van der Waals surface area contributed by atoms with E-state index in [1.54, 1.807) is 0 Å². The minimum atomic E-state index is -0.133. The van der Waals surface area contributed by atoms with E-state index >= 15 is 0 Å². The van der Waals surface area contributed by atoms with Crippen molar-refractivity contribution in [1.82, 2.24) is 4.57 Å². The van der Waals surface area contributed by atoms with E-state index in [4.69, 9.17) is 11.6 Å². The summed E-state index contributed by atoms with van der Waals surface area (Å²) < 4.78 is 2.37. The molecule has 1 heterocycles. The third-order valence-electron chi connectivity index (χ3n) is 8.85. The fourth-order valence-corrected chi connectivity index (χ4v) is 6.90. The molecule has 0 spiro atoms. The number of hydrogen-bond acceptors (Lipinski definition) is 1. The van der Waals surface area contributed by atoms with Gasteiger partial charge in [0.2, 0.25) is 0 Å². The molecule has 1 aliphatic rings. The zero-order chi connectivity index (χ0) is 28.4. The quantitative estimate of drug-likeness (QED) is 0.226. The average molecular weight is 561 g/mol. The van der Waals surface area contributed by atoms with Crippen LogP contribution in [-0.4, -0.2) is 4.57 Å². The van der Waals surface area contributed by atoms with Gasteiger partial charge in [-0.05, 0) is 94.0 Å². The molecule has 0 bridgehead atoms. The summed E-state index contributed by atoms with van der Waals surface area (Å²) in [5.41, 5.74) is 13.2. The molecule has 3 heteroatoms. The van der Waals surface area contributed by atoms with Gasteiger partial charge in [-0.2, -0.15) is 0 Å². The molecule has 0 atom stereocenters. The molecule has 6 aromatic carbocycles. The largest absolute Gasteiger partial charge is 0.354 e. The monoisotopic (exact) mass is 560 g/mol.